The molecule has 3 rings (SSSR count). The van der Waals surface area contributed by atoms with Crippen LogP contribution in [-0.4, -0.2) is 26.8 Å². The van der Waals surface area contributed by atoms with Crippen LogP contribution in [0, 0.1) is 0 Å². The molecule has 0 bridgehead atoms. The number of halogens is 2. The molecule has 0 atom stereocenters. The highest BCUT2D eigenvalue weighted by Crippen LogP contribution is 2.25. The molecular weight excluding hydrogens is 457 g/mol. The fraction of sp³-hybridized carbons (Fsp3) is 0.0909. The number of anilines is 1. The Balaban J connectivity index is 1.85. The Morgan fingerprint density at radius 2 is 1.68 bits per heavy atom. The molecule has 0 heterocycles. The second-order valence-corrected chi connectivity index (χ2v) is 9.37. The van der Waals surface area contributed by atoms with Crippen LogP contribution < -0.4 is 9.73 Å². The van der Waals surface area contributed by atoms with Gasteiger partial charge >= 0.3 is 0 Å². The summed E-state index contributed by atoms with van der Waals surface area (Å²) in [6.07, 6.45) is 2.52. The number of hydrazone groups is 1. The van der Waals surface area contributed by atoms with Crippen LogP contribution in [0.4, 0.5) is 5.69 Å². The summed E-state index contributed by atoms with van der Waals surface area (Å²) >= 11 is 11.9. The van der Waals surface area contributed by atoms with Crippen LogP contribution in [0.25, 0.3) is 0 Å². The molecule has 31 heavy (non-hydrogen) atoms. The SMILES string of the molecule is CS(=O)(=O)N(Cc1ccccc1)c1ccccc1C(=O)N/N=C/c1ccc(Cl)c(Cl)c1. The van der Waals surface area contributed by atoms with Crippen LogP contribution in [-0.2, 0) is 16.6 Å². The van der Waals surface area contributed by atoms with Crippen molar-refractivity contribution in [2.24, 2.45) is 5.10 Å². The third-order valence-electron chi connectivity index (χ3n) is 4.31. The summed E-state index contributed by atoms with van der Waals surface area (Å²) < 4.78 is 26.2. The number of nitrogens with zero attached hydrogens (tertiary/aromatic N) is 2. The van der Waals surface area contributed by atoms with Crippen LogP contribution >= 0.6 is 23.2 Å². The number of nitrogens with one attached hydrogen (secondary N) is 1. The molecule has 1 N–H and O–H groups in total. The minimum absolute atomic E-state index is 0.0938. The molecule has 0 saturated carbocycles. The van der Waals surface area contributed by atoms with Crippen molar-refractivity contribution in [2.45, 2.75) is 6.54 Å². The number of carbonyl (C=O) groups excluding carboxylic acids is 1. The van der Waals surface area contributed by atoms with Crippen molar-refractivity contribution in [1.82, 2.24) is 5.43 Å². The van der Waals surface area contributed by atoms with Gasteiger partial charge in [0.15, 0.2) is 0 Å². The van der Waals surface area contributed by atoms with Gasteiger partial charge in [-0.15, -0.1) is 0 Å². The summed E-state index contributed by atoms with van der Waals surface area (Å²) in [5.41, 5.74) is 4.30. The van der Waals surface area contributed by atoms with E-state index in [0.717, 1.165) is 11.8 Å². The van der Waals surface area contributed by atoms with Gasteiger partial charge in [-0.3, -0.25) is 9.10 Å². The first-order valence-corrected chi connectivity index (χ1v) is 11.8. The highest BCUT2D eigenvalue weighted by Gasteiger charge is 2.23. The van der Waals surface area contributed by atoms with Gasteiger partial charge in [0.25, 0.3) is 5.91 Å². The van der Waals surface area contributed by atoms with Crippen LogP contribution in [0.2, 0.25) is 10.0 Å². The maximum atomic E-state index is 12.8. The molecule has 160 valence electrons. The molecule has 0 aliphatic carbocycles. The summed E-state index contributed by atoms with van der Waals surface area (Å²) in [6, 6.07) is 20.5. The standard InChI is InChI=1S/C22H19Cl2N3O3S/c1-31(29,30)27(15-16-7-3-2-4-8-16)21-10-6-5-9-18(21)22(28)26-25-14-17-11-12-19(23)20(24)13-17/h2-14H,15H2,1H3,(H,26,28)/b25-14+. The molecule has 0 aromatic heterocycles. The second kappa shape index (κ2) is 9.96. The van der Waals surface area contributed by atoms with E-state index in [2.05, 4.69) is 10.5 Å². The average molecular weight is 476 g/mol. The number of hydrogen-bond acceptors (Lipinski definition) is 4. The number of rotatable bonds is 7. The van der Waals surface area contributed by atoms with E-state index in [9.17, 15) is 13.2 Å². The van der Waals surface area contributed by atoms with E-state index in [1.54, 1.807) is 42.5 Å². The van der Waals surface area contributed by atoms with Gasteiger partial charge in [0.05, 0.1) is 40.3 Å². The molecule has 0 aliphatic rings. The third kappa shape index (κ3) is 6.07. The van der Waals surface area contributed by atoms with Crippen LogP contribution in [0.15, 0.2) is 77.9 Å². The second-order valence-electron chi connectivity index (χ2n) is 6.65. The van der Waals surface area contributed by atoms with Gasteiger partial charge in [-0.1, -0.05) is 71.7 Å². The highest BCUT2D eigenvalue weighted by molar-refractivity contribution is 7.92. The fourth-order valence-electron chi connectivity index (χ4n) is 2.83. The van der Waals surface area contributed by atoms with E-state index < -0.39 is 15.9 Å². The quantitative estimate of drug-likeness (QED) is 0.396. The zero-order chi connectivity index (χ0) is 22.4. The molecule has 0 radical (unpaired) electrons. The molecule has 0 aliphatic heterocycles. The maximum Gasteiger partial charge on any atom is 0.273 e. The lowest BCUT2D eigenvalue weighted by molar-refractivity contribution is 0.0956. The molecule has 3 aromatic carbocycles. The van der Waals surface area contributed by atoms with Gasteiger partial charge in [0, 0.05) is 0 Å². The monoisotopic (exact) mass is 475 g/mol. The Hall–Kier alpha value is -2.87. The molecule has 3 aromatic rings. The topological polar surface area (TPSA) is 78.8 Å². The third-order valence-corrected chi connectivity index (χ3v) is 6.18. The number of para-hydroxylation sites is 1. The lowest BCUT2D eigenvalue weighted by Gasteiger charge is -2.24. The normalized spacial score (nSPS) is 11.5. The Morgan fingerprint density at radius 1 is 1.00 bits per heavy atom. The molecular formula is C22H19Cl2N3O3S. The highest BCUT2D eigenvalue weighted by atomic mass is 35.5. The van der Waals surface area contributed by atoms with Crippen molar-refractivity contribution in [1.29, 1.82) is 0 Å². The first-order valence-electron chi connectivity index (χ1n) is 9.15. The number of sulfonamides is 1. The van der Waals surface area contributed by atoms with Gasteiger partial charge in [-0.25, -0.2) is 13.8 Å². The average Bonchev–Trinajstić information content (AvgIpc) is 2.74. The molecule has 1 amide bonds. The largest absolute Gasteiger partial charge is 0.273 e. The van der Waals surface area contributed by atoms with E-state index in [1.165, 1.54) is 10.5 Å². The number of carbonyl (C=O) groups is 1. The fourth-order valence-corrected chi connectivity index (χ4v) is 4.04. The van der Waals surface area contributed by atoms with Crippen molar-refractivity contribution in [3.8, 4) is 0 Å². The zero-order valence-corrected chi connectivity index (χ0v) is 18.8. The lowest BCUT2D eigenvalue weighted by Crippen LogP contribution is -2.32. The minimum atomic E-state index is -3.66. The van der Waals surface area contributed by atoms with Crippen LogP contribution in [0.1, 0.15) is 21.5 Å². The molecule has 0 spiro atoms. The predicted octanol–water partition coefficient (Wildman–Crippen LogP) is 4.72. The van der Waals surface area contributed by atoms with E-state index in [1.807, 2.05) is 30.3 Å². The summed E-state index contributed by atoms with van der Waals surface area (Å²) in [5.74, 6) is -0.548. The van der Waals surface area contributed by atoms with Crippen molar-refractivity contribution < 1.29 is 13.2 Å². The molecule has 9 heteroatoms. The Morgan fingerprint density at radius 3 is 2.35 bits per heavy atom. The molecule has 6 nitrogen and oxygen atoms in total. The van der Waals surface area contributed by atoms with E-state index >= 15 is 0 Å². The van der Waals surface area contributed by atoms with Crippen molar-refractivity contribution >= 4 is 51.0 Å². The van der Waals surface area contributed by atoms with Gasteiger partial charge in [-0.2, -0.15) is 5.10 Å². The molecule has 0 saturated heterocycles. The Labute approximate surface area is 191 Å². The maximum absolute atomic E-state index is 12.8. The number of amides is 1. The number of benzene rings is 3. The summed E-state index contributed by atoms with van der Waals surface area (Å²) in [4.78, 5) is 12.8. The Kier molecular flexibility index (Phi) is 7.33. The van der Waals surface area contributed by atoms with Crippen molar-refractivity contribution in [3.05, 3.63) is 99.5 Å². The Bertz CT molecular complexity index is 1220. The van der Waals surface area contributed by atoms with Crippen molar-refractivity contribution in [3.63, 3.8) is 0 Å². The predicted molar refractivity (Wildman–Crippen MR) is 125 cm³/mol. The first-order chi connectivity index (χ1) is 14.8. The van der Waals surface area contributed by atoms with Crippen molar-refractivity contribution in [2.75, 3.05) is 10.6 Å². The molecule has 0 unspecified atom stereocenters. The van der Waals surface area contributed by atoms with E-state index in [0.29, 0.717) is 15.6 Å². The van der Waals surface area contributed by atoms with Crippen LogP contribution in [0.3, 0.4) is 0 Å². The number of hydrogen-bond donors (Lipinski definition) is 1. The first kappa shape index (κ1) is 22.8. The molecule has 0 fully saturated rings. The van der Waals surface area contributed by atoms with Gasteiger partial charge in [-0.05, 0) is 35.4 Å². The van der Waals surface area contributed by atoms with E-state index in [-0.39, 0.29) is 17.8 Å². The lowest BCUT2D eigenvalue weighted by atomic mass is 10.1. The minimum Gasteiger partial charge on any atom is -0.267 e. The summed E-state index contributed by atoms with van der Waals surface area (Å²) in [7, 11) is -3.66. The smallest absolute Gasteiger partial charge is 0.267 e. The van der Waals surface area contributed by atoms with Gasteiger partial charge in [0.1, 0.15) is 0 Å². The van der Waals surface area contributed by atoms with Crippen LogP contribution in [0.5, 0.6) is 0 Å². The summed E-state index contributed by atoms with van der Waals surface area (Å²) in [5, 5.41) is 4.72. The summed E-state index contributed by atoms with van der Waals surface area (Å²) in [6.45, 7) is 0.0938. The van der Waals surface area contributed by atoms with Gasteiger partial charge < -0.3 is 0 Å². The van der Waals surface area contributed by atoms with Gasteiger partial charge in [0.2, 0.25) is 10.0 Å². The zero-order valence-electron chi connectivity index (χ0n) is 16.5. The van der Waals surface area contributed by atoms with E-state index in [4.69, 9.17) is 23.2 Å².